The van der Waals surface area contributed by atoms with E-state index in [1.807, 2.05) is 17.1 Å². The van der Waals surface area contributed by atoms with Crippen molar-refractivity contribution in [3.05, 3.63) is 64.5 Å². The van der Waals surface area contributed by atoms with Crippen LogP contribution in [0.1, 0.15) is 27.8 Å². The van der Waals surface area contributed by atoms with Crippen LogP contribution in [0.3, 0.4) is 0 Å². The summed E-state index contributed by atoms with van der Waals surface area (Å²) in [7, 11) is 0. The quantitative estimate of drug-likeness (QED) is 0.471. The zero-order valence-corrected chi connectivity index (χ0v) is 16.1. The fourth-order valence-electron chi connectivity index (χ4n) is 3.92. The Hall–Kier alpha value is -3.95. The summed E-state index contributed by atoms with van der Waals surface area (Å²) in [5, 5.41) is 24.4. The van der Waals surface area contributed by atoms with Crippen LogP contribution in [0.4, 0.5) is 10.6 Å². The van der Waals surface area contributed by atoms with Crippen LogP contribution >= 0.6 is 0 Å². The molecule has 4 aromatic rings. The van der Waals surface area contributed by atoms with Gasteiger partial charge in [-0.2, -0.15) is 5.10 Å². The van der Waals surface area contributed by atoms with E-state index in [9.17, 15) is 9.90 Å². The van der Waals surface area contributed by atoms with Crippen molar-refractivity contribution in [2.24, 2.45) is 0 Å². The van der Waals surface area contributed by atoms with Crippen LogP contribution in [0, 0.1) is 0 Å². The van der Waals surface area contributed by atoms with Crippen LogP contribution in [-0.4, -0.2) is 52.8 Å². The first-order valence-electron chi connectivity index (χ1n) is 9.61. The maximum absolute atomic E-state index is 11.3. The molecule has 3 aromatic heterocycles. The van der Waals surface area contributed by atoms with Gasteiger partial charge in [0.25, 0.3) is 0 Å². The lowest BCUT2D eigenvalue weighted by atomic mass is 9.97. The number of H-pyrrole nitrogens is 1. The van der Waals surface area contributed by atoms with Crippen molar-refractivity contribution in [1.29, 1.82) is 0 Å². The molecule has 1 aliphatic heterocycles. The number of hydrogen-bond donors (Lipinski definition) is 3. The molecule has 0 spiro atoms. The summed E-state index contributed by atoms with van der Waals surface area (Å²) in [5.74, 6) is 0.417. The van der Waals surface area contributed by atoms with Crippen molar-refractivity contribution in [3.63, 3.8) is 0 Å². The number of amides is 1. The average Bonchev–Trinajstić information content (AvgIpc) is 3.36. The Kier molecular flexibility index (Phi) is 4.31. The number of nitrogens with one attached hydrogen (secondary N) is 1. The third-order valence-corrected chi connectivity index (χ3v) is 5.38. The van der Waals surface area contributed by atoms with Crippen LogP contribution in [0.5, 0.6) is 0 Å². The largest absolute Gasteiger partial charge is 0.465 e. The molecule has 0 atom stereocenters. The first kappa shape index (κ1) is 18.1. The number of hydrogen-bond acceptors (Lipinski definition) is 6. The maximum atomic E-state index is 11.3. The molecule has 10 nitrogen and oxygen atoms in total. The number of carbonyl (C=O) groups is 1. The van der Waals surface area contributed by atoms with Gasteiger partial charge >= 0.3 is 6.09 Å². The van der Waals surface area contributed by atoms with Gasteiger partial charge in [0.1, 0.15) is 11.3 Å². The summed E-state index contributed by atoms with van der Waals surface area (Å²) in [6.45, 7) is 1.58. The van der Waals surface area contributed by atoms with Gasteiger partial charge in [-0.25, -0.2) is 14.9 Å². The van der Waals surface area contributed by atoms with Gasteiger partial charge in [0.2, 0.25) is 0 Å². The fourth-order valence-corrected chi connectivity index (χ4v) is 3.92. The molecule has 30 heavy (non-hydrogen) atoms. The number of anilines is 1. The van der Waals surface area contributed by atoms with Gasteiger partial charge in [-0.15, -0.1) is 5.10 Å². The van der Waals surface area contributed by atoms with E-state index in [-0.39, 0.29) is 0 Å². The summed E-state index contributed by atoms with van der Waals surface area (Å²) in [5.41, 5.74) is 12.5. The summed E-state index contributed by atoms with van der Waals surface area (Å²) in [6.07, 6.45) is 4.31. The second-order valence-corrected chi connectivity index (χ2v) is 7.50. The smallest absolute Gasteiger partial charge is 0.407 e. The van der Waals surface area contributed by atoms with E-state index < -0.39 is 6.09 Å². The molecule has 0 saturated heterocycles. The second-order valence-electron chi connectivity index (χ2n) is 7.50. The van der Waals surface area contributed by atoms with E-state index in [0.29, 0.717) is 43.0 Å². The van der Waals surface area contributed by atoms with Crippen molar-refractivity contribution >= 4 is 23.1 Å². The second kappa shape index (κ2) is 7.14. The lowest BCUT2D eigenvalue weighted by Crippen LogP contribution is -2.34. The molecule has 0 fully saturated rings. The Morgan fingerprint density at radius 3 is 3.00 bits per heavy atom. The van der Waals surface area contributed by atoms with Gasteiger partial charge in [-0.3, -0.25) is 4.68 Å². The third-order valence-electron chi connectivity index (χ3n) is 5.38. The van der Waals surface area contributed by atoms with E-state index in [0.717, 1.165) is 28.7 Å². The molecule has 4 heterocycles. The molecule has 1 aliphatic rings. The van der Waals surface area contributed by atoms with Gasteiger partial charge in [0.05, 0.1) is 12.7 Å². The Morgan fingerprint density at radius 1 is 1.23 bits per heavy atom. The summed E-state index contributed by atoms with van der Waals surface area (Å²) in [4.78, 5) is 16.9. The van der Waals surface area contributed by atoms with Crippen LogP contribution in [0.15, 0.2) is 36.7 Å². The first-order chi connectivity index (χ1) is 14.5. The highest BCUT2D eigenvalue weighted by Crippen LogP contribution is 2.22. The minimum absolute atomic E-state index is 0.417. The Morgan fingerprint density at radius 2 is 2.13 bits per heavy atom. The van der Waals surface area contributed by atoms with Crippen molar-refractivity contribution in [2.45, 2.75) is 25.9 Å². The Balaban J connectivity index is 1.33. The molecule has 0 saturated carbocycles. The summed E-state index contributed by atoms with van der Waals surface area (Å²) in [6, 6.07) is 8.06. The lowest BCUT2D eigenvalue weighted by Gasteiger charge is -2.26. The number of benzene rings is 1. The van der Waals surface area contributed by atoms with E-state index in [4.69, 9.17) is 5.73 Å². The Bertz CT molecular complexity index is 1240. The van der Waals surface area contributed by atoms with Crippen LogP contribution in [0.25, 0.3) is 11.2 Å². The monoisotopic (exact) mass is 404 g/mol. The van der Waals surface area contributed by atoms with Gasteiger partial charge < -0.3 is 15.7 Å². The number of aromatic amines is 1. The number of nitrogen functional groups attached to an aromatic ring is 1. The zero-order valence-electron chi connectivity index (χ0n) is 16.1. The molecule has 0 unspecified atom stereocenters. The first-order valence-corrected chi connectivity index (χ1v) is 9.61. The maximum Gasteiger partial charge on any atom is 0.407 e. The van der Waals surface area contributed by atoms with Crippen LogP contribution in [-0.2, 0) is 25.9 Å². The topological polar surface area (TPSA) is 139 Å². The van der Waals surface area contributed by atoms with Crippen molar-refractivity contribution in [1.82, 2.24) is 35.1 Å². The van der Waals surface area contributed by atoms with E-state index >= 15 is 0 Å². The number of aromatic nitrogens is 6. The van der Waals surface area contributed by atoms with Gasteiger partial charge in [-0.05, 0) is 40.3 Å². The number of pyridine rings is 1. The van der Waals surface area contributed by atoms with Crippen molar-refractivity contribution in [3.8, 4) is 0 Å². The SMILES string of the molecule is Nc1cc(Cc2cnn(Cc3ccc4c(c3)CN(C(=O)O)CC4)c2)c2nn[nH]c2n1. The van der Waals surface area contributed by atoms with Gasteiger partial charge in [-0.1, -0.05) is 23.4 Å². The molecule has 0 radical (unpaired) electrons. The molecular formula is C20H20N8O2. The van der Waals surface area contributed by atoms with E-state index in [1.54, 1.807) is 6.07 Å². The summed E-state index contributed by atoms with van der Waals surface area (Å²) >= 11 is 0. The number of nitrogens with zero attached hydrogens (tertiary/aromatic N) is 6. The Labute approximate surface area is 171 Å². The summed E-state index contributed by atoms with van der Waals surface area (Å²) < 4.78 is 1.87. The van der Waals surface area contributed by atoms with Gasteiger partial charge in [0, 0.05) is 25.7 Å². The molecule has 0 bridgehead atoms. The van der Waals surface area contributed by atoms with E-state index in [2.05, 4.69) is 43.7 Å². The predicted octanol–water partition coefficient (Wildman–Crippen LogP) is 1.81. The third kappa shape index (κ3) is 3.43. The average molecular weight is 404 g/mol. The number of carboxylic acid groups (broad SMARTS) is 1. The molecule has 4 N–H and O–H groups in total. The zero-order chi connectivity index (χ0) is 20.7. The van der Waals surface area contributed by atoms with E-state index in [1.165, 1.54) is 10.5 Å². The molecule has 1 aromatic carbocycles. The lowest BCUT2D eigenvalue weighted by molar-refractivity contribution is 0.140. The van der Waals surface area contributed by atoms with Crippen LogP contribution < -0.4 is 5.73 Å². The molecule has 1 amide bonds. The predicted molar refractivity (Wildman–Crippen MR) is 109 cm³/mol. The molecule has 0 aliphatic carbocycles. The molecule has 5 rings (SSSR count). The van der Waals surface area contributed by atoms with Gasteiger partial charge in [0.15, 0.2) is 5.65 Å². The number of fused-ring (bicyclic) bond motifs is 2. The van der Waals surface area contributed by atoms with Crippen molar-refractivity contribution < 1.29 is 9.90 Å². The standard InChI is InChI=1S/C20H20N8O2/c21-17-7-15(18-19(23-17)25-26-24-18)6-13-8-22-28(10-13)9-12-1-2-14-3-4-27(20(29)30)11-16(14)5-12/h1-2,5,7-8,10H,3-4,6,9,11H2,(H,29,30)(H3,21,23,24,25,26). The molecule has 10 heteroatoms. The molecule has 152 valence electrons. The fraction of sp³-hybridized carbons (Fsp3) is 0.250. The van der Waals surface area contributed by atoms with Crippen molar-refractivity contribution in [2.75, 3.05) is 12.3 Å². The molecular weight excluding hydrogens is 384 g/mol. The highest BCUT2D eigenvalue weighted by molar-refractivity contribution is 5.76. The normalized spacial score (nSPS) is 13.5. The number of rotatable bonds is 4. The highest BCUT2D eigenvalue weighted by Gasteiger charge is 2.20. The number of nitrogens with two attached hydrogens (primary N) is 1. The minimum atomic E-state index is -0.874. The highest BCUT2D eigenvalue weighted by atomic mass is 16.4. The minimum Gasteiger partial charge on any atom is -0.465 e. The van der Waals surface area contributed by atoms with Crippen LogP contribution in [0.2, 0.25) is 0 Å².